The molecule has 0 rings (SSSR count). The molecular weight excluding hydrogens is 190 g/mol. The summed E-state index contributed by atoms with van der Waals surface area (Å²) in [7, 11) is 0. The minimum absolute atomic E-state index is 0.221. The van der Waals surface area contributed by atoms with E-state index in [0.29, 0.717) is 13.1 Å². The lowest BCUT2D eigenvalue weighted by atomic mass is 10.3. The first kappa shape index (κ1) is 14.4. The van der Waals surface area contributed by atoms with Crippen LogP contribution >= 0.6 is 0 Å². The Kier molecular flexibility index (Phi) is 8.33. The van der Waals surface area contributed by atoms with Crippen LogP contribution in [0.1, 0.15) is 27.2 Å². The predicted octanol–water partition coefficient (Wildman–Crippen LogP) is 0.526. The fourth-order valence-electron chi connectivity index (χ4n) is 1.53. The van der Waals surface area contributed by atoms with Gasteiger partial charge in [0.1, 0.15) is 0 Å². The minimum atomic E-state index is 0.221. The number of rotatable bonds is 8. The molecule has 0 aromatic carbocycles. The van der Waals surface area contributed by atoms with Crippen LogP contribution < -0.4 is 5.73 Å². The molecule has 0 aromatic rings. The van der Waals surface area contributed by atoms with Crippen molar-refractivity contribution in [3.8, 4) is 0 Å². The van der Waals surface area contributed by atoms with E-state index < -0.39 is 0 Å². The lowest BCUT2D eigenvalue weighted by molar-refractivity contribution is -0.132. The Bertz CT molecular complexity index is 169. The lowest BCUT2D eigenvalue weighted by Gasteiger charge is -2.24. The highest BCUT2D eigenvalue weighted by molar-refractivity contribution is 5.78. The van der Waals surface area contributed by atoms with E-state index >= 15 is 0 Å². The molecule has 0 aliphatic carbocycles. The molecule has 90 valence electrons. The van der Waals surface area contributed by atoms with Crippen molar-refractivity contribution in [3.05, 3.63) is 0 Å². The quantitative estimate of drug-likeness (QED) is 0.642. The summed E-state index contributed by atoms with van der Waals surface area (Å²) >= 11 is 0. The largest absolute Gasteiger partial charge is 0.342 e. The molecule has 0 aromatic heterocycles. The summed E-state index contributed by atoms with van der Waals surface area (Å²) in [5.41, 5.74) is 5.45. The molecule has 0 saturated heterocycles. The fraction of sp³-hybridized carbons (Fsp3) is 0.909. The molecule has 15 heavy (non-hydrogen) atoms. The van der Waals surface area contributed by atoms with Crippen LogP contribution in [0.2, 0.25) is 0 Å². The van der Waals surface area contributed by atoms with Gasteiger partial charge in [-0.3, -0.25) is 9.69 Å². The third-order valence-electron chi connectivity index (χ3n) is 2.60. The maximum Gasteiger partial charge on any atom is 0.236 e. The van der Waals surface area contributed by atoms with Gasteiger partial charge in [0, 0.05) is 13.1 Å². The monoisotopic (exact) mass is 215 g/mol. The third-order valence-corrected chi connectivity index (χ3v) is 2.60. The zero-order valence-corrected chi connectivity index (χ0v) is 10.3. The summed E-state index contributed by atoms with van der Waals surface area (Å²) in [4.78, 5) is 15.8. The molecular formula is C11H25N3O. The van der Waals surface area contributed by atoms with Gasteiger partial charge in [-0.05, 0) is 39.9 Å². The van der Waals surface area contributed by atoms with Gasteiger partial charge in [-0.15, -0.1) is 0 Å². The maximum atomic E-state index is 11.8. The molecule has 0 spiro atoms. The molecule has 0 fully saturated rings. The van der Waals surface area contributed by atoms with Crippen molar-refractivity contribution in [1.82, 2.24) is 9.80 Å². The summed E-state index contributed by atoms with van der Waals surface area (Å²) in [6, 6.07) is 0. The average molecular weight is 215 g/mol. The number of carbonyl (C=O) groups is 1. The van der Waals surface area contributed by atoms with Crippen LogP contribution in [0.3, 0.4) is 0 Å². The Morgan fingerprint density at radius 1 is 1.13 bits per heavy atom. The van der Waals surface area contributed by atoms with Gasteiger partial charge in [-0.1, -0.05) is 6.92 Å². The summed E-state index contributed by atoms with van der Waals surface area (Å²) in [6.45, 7) is 10.7. The first-order valence-corrected chi connectivity index (χ1v) is 5.89. The van der Waals surface area contributed by atoms with E-state index in [0.717, 1.165) is 32.6 Å². The van der Waals surface area contributed by atoms with E-state index in [2.05, 4.69) is 11.8 Å². The van der Waals surface area contributed by atoms with E-state index in [-0.39, 0.29) is 5.91 Å². The standard InChI is InChI=1S/C11H25N3O/c1-4-13(9-7-8-12)10-11(15)14(5-2)6-3/h4-10,12H2,1-3H3. The molecule has 4 nitrogen and oxygen atoms in total. The number of nitrogens with two attached hydrogens (primary N) is 1. The van der Waals surface area contributed by atoms with Crippen molar-refractivity contribution >= 4 is 5.91 Å². The van der Waals surface area contributed by atoms with E-state index in [1.54, 1.807) is 0 Å². The highest BCUT2D eigenvalue weighted by Crippen LogP contribution is 1.95. The maximum absolute atomic E-state index is 11.8. The Morgan fingerprint density at radius 2 is 1.73 bits per heavy atom. The predicted molar refractivity (Wildman–Crippen MR) is 63.7 cm³/mol. The number of likely N-dealkylation sites (N-methyl/N-ethyl adjacent to an activating group) is 2. The zero-order chi connectivity index (χ0) is 11.7. The second-order valence-electron chi connectivity index (χ2n) is 3.58. The van der Waals surface area contributed by atoms with E-state index in [1.165, 1.54) is 0 Å². The zero-order valence-electron chi connectivity index (χ0n) is 10.3. The highest BCUT2D eigenvalue weighted by Gasteiger charge is 2.13. The highest BCUT2D eigenvalue weighted by atomic mass is 16.2. The first-order chi connectivity index (χ1) is 7.19. The fourth-order valence-corrected chi connectivity index (χ4v) is 1.53. The minimum Gasteiger partial charge on any atom is -0.342 e. The van der Waals surface area contributed by atoms with Crippen LogP contribution in [0.4, 0.5) is 0 Å². The molecule has 1 amide bonds. The van der Waals surface area contributed by atoms with Gasteiger partial charge in [-0.2, -0.15) is 0 Å². The van der Waals surface area contributed by atoms with Gasteiger partial charge in [-0.25, -0.2) is 0 Å². The van der Waals surface area contributed by atoms with E-state index in [9.17, 15) is 4.79 Å². The molecule has 0 saturated carbocycles. The number of nitrogens with zero attached hydrogens (tertiary/aromatic N) is 2. The Morgan fingerprint density at radius 3 is 2.13 bits per heavy atom. The smallest absolute Gasteiger partial charge is 0.236 e. The van der Waals surface area contributed by atoms with Crippen LogP contribution in [-0.2, 0) is 4.79 Å². The molecule has 0 atom stereocenters. The Balaban J connectivity index is 3.98. The Labute approximate surface area is 93.4 Å². The Hall–Kier alpha value is -0.610. The summed E-state index contributed by atoms with van der Waals surface area (Å²) in [5.74, 6) is 0.221. The second kappa shape index (κ2) is 8.68. The SMILES string of the molecule is CCN(CCCN)CC(=O)N(CC)CC. The first-order valence-electron chi connectivity index (χ1n) is 5.89. The molecule has 4 heteroatoms. The molecule has 0 radical (unpaired) electrons. The summed E-state index contributed by atoms with van der Waals surface area (Å²) in [5, 5.41) is 0. The molecule has 2 N–H and O–H groups in total. The lowest BCUT2D eigenvalue weighted by Crippen LogP contribution is -2.40. The normalized spacial score (nSPS) is 10.7. The summed E-state index contributed by atoms with van der Waals surface area (Å²) in [6.07, 6.45) is 0.958. The van der Waals surface area contributed by atoms with Crippen LogP contribution in [-0.4, -0.2) is 55.0 Å². The van der Waals surface area contributed by atoms with Crippen molar-refractivity contribution < 1.29 is 4.79 Å². The van der Waals surface area contributed by atoms with Crippen molar-refractivity contribution in [2.45, 2.75) is 27.2 Å². The number of carbonyl (C=O) groups excluding carboxylic acids is 1. The number of hydrogen-bond donors (Lipinski definition) is 1. The summed E-state index contributed by atoms with van der Waals surface area (Å²) < 4.78 is 0. The molecule has 0 bridgehead atoms. The van der Waals surface area contributed by atoms with Gasteiger partial charge in [0.05, 0.1) is 6.54 Å². The van der Waals surface area contributed by atoms with Crippen LogP contribution in [0.5, 0.6) is 0 Å². The molecule has 0 heterocycles. The van der Waals surface area contributed by atoms with Gasteiger partial charge < -0.3 is 10.6 Å². The number of hydrogen-bond acceptors (Lipinski definition) is 3. The molecule has 0 aliphatic rings. The van der Waals surface area contributed by atoms with Crippen LogP contribution in [0.25, 0.3) is 0 Å². The van der Waals surface area contributed by atoms with E-state index in [4.69, 9.17) is 5.73 Å². The van der Waals surface area contributed by atoms with E-state index in [1.807, 2.05) is 18.7 Å². The van der Waals surface area contributed by atoms with Crippen molar-refractivity contribution in [1.29, 1.82) is 0 Å². The average Bonchev–Trinajstić information content (AvgIpc) is 2.25. The molecule has 0 unspecified atom stereocenters. The van der Waals surface area contributed by atoms with Crippen molar-refractivity contribution in [2.75, 3.05) is 39.3 Å². The van der Waals surface area contributed by atoms with Gasteiger partial charge in [0.25, 0.3) is 0 Å². The third kappa shape index (κ3) is 5.74. The van der Waals surface area contributed by atoms with Crippen molar-refractivity contribution in [3.63, 3.8) is 0 Å². The number of amides is 1. The molecule has 0 aliphatic heterocycles. The second-order valence-corrected chi connectivity index (χ2v) is 3.58. The van der Waals surface area contributed by atoms with Crippen molar-refractivity contribution in [2.24, 2.45) is 5.73 Å². The van der Waals surface area contributed by atoms with Gasteiger partial charge >= 0.3 is 0 Å². The topological polar surface area (TPSA) is 49.6 Å². The van der Waals surface area contributed by atoms with Crippen LogP contribution in [0, 0.1) is 0 Å². The van der Waals surface area contributed by atoms with Gasteiger partial charge in [0.2, 0.25) is 5.91 Å². The van der Waals surface area contributed by atoms with Gasteiger partial charge in [0.15, 0.2) is 0 Å². The van der Waals surface area contributed by atoms with Crippen LogP contribution in [0.15, 0.2) is 0 Å².